The summed E-state index contributed by atoms with van der Waals surface area (Å²) in [6, 6.07) is 14.3. The Hall–Kier alpha value is -3.02. The molecule has 6 nitrogen and oxygen atoms in total. The Bertz CT molecular complexity index is 841. The third kappa shape index (κ3) is 6.82. The molecule has 2 aromatic carbocycles. The Labute approximate surface area is 172 Å². The van der Waals surface area contributed by atoms with Crippen LogP contribution in [0, 0.1) is 6.92 Å². The maximum atomic E-state index is 13.2. The number of aryl methyl sites for hydroxylation is 1. The van der Waals surface area contributed by atoms with Crippen LogP contribution in [0.2, 0.25) is 0 Å². The number of alkyl carbamates (subject to hydrolysis) is 1. The molecule has 0 spiro atoms. The third-order valence-electron chi connectivity index (χ3n) is 4.30. The number of methoxy groups -OCH3 is 1. The van der Waals surface area contributed by atoms with Gasteiger partial charge in [-0.2, -0.15) is 0 Å². The van der Waals surface area contributed by atoms with E-state index in [1.165, 1.54) is 4.90 Å². The van der Waals surface area contributed by atoms with Crippen LogP contribution in [-0.4, -0.2) is 37.8 Å². The Morgan fingerprint density at radius 1 is 1.10 bits per heavy atom. The molecule has 0 bridgehead atoms. The molecule has 2 amide bonds. The molecule has 0 aromatic heterocycles. The first-order valence-corrected chi connectivity index (χ1v) is 9.56. The fourth-order valence-corrected chi connectivity index (χ4v) is 2.89. The van der Waals surface area contributed by atoms with Crippen LogP contribution in [-0.2, 0) is 16.0 Å². The quantitative estimate of drug-likeness (QED) is 0.795. The van der Waals surface area contributed by atoms with Crippen molar-refractivity contribution in [2.24, 2.45) is 0 Å². The van der Waals surface area contributed by atoms with Crippen molar-refractivity contribution in [3.05, 3.63) is 59.7 Å². The Balaban J connectivity index is 2.23. The molecule has 29 heavy (non-hydrogen) atoms. The SMILES string of the molecule is COc1ccc(N(C)C(=O)C(Cc2cccc(C)c2)NC(=O)OC(C)(C)C)cc1. The van der Waals surface area contributed by atoms with Gasteiger partial charge in [0.05, 0.1) is 7.11 Å². The third-order valence-corrected chi connectivity index (χ3v) is 4.30. The van der Waals surface area contributed by atoms with Crippen molar-refractivity contribution in [1.82, 2.24) is 5.32 Å². The van der Waals surface area contributed by atoms with Gasteiger partial charge in [-0.05, 0) is 57.5 Å². The monoisotopic (exact) mass is 398 g/mol. The number of likely N-dealkylation sites (N-methyl/N-ethyl adjacent to an activating group) is 1. The first-order valence-electron chi connectivity index (χ1n) is 9.56. The number of carbonyl (C=O) groups is 2. The number of nitrogens with one attached hydrogen (secondary N) is 1. The number of ether oxygens (including phenoxy) is 2. The van der Waals surface area contributed by atoms with Gasteiger partial charge < -0.3 is 19.7 Å². The van der Waals surface area contributed by atoms with Gasteiger partial charge in [-0.3, -0.25) is 4.79 Å². The lowest BCUT2D eigenvalue weighted by Gasteiger charge is -2.27. The van der Waals surface area contributed by atoms with E-state index in [0.29, 0.717) is 17.9 Å². The Morgan fingerprint density at radius 2 is 1.76 bits per heavy atom. The van der Waals surface area contributed by atoms with Gasteiger partial charge in [0.15, 0.2) is 0 Å². The standard InChI is InChI=1S/C23H30N2O4/c1-16-8-7-9-17(14-16)15-20(24-22(27)29-23(2,3)4)21(26)25(5)18-10-12-19(28-6)13-11-18/h7-14,20H,15H2,1-6H3,(H,24,27). The number of rotatable bonds is 6. The van der Waals surface area contributed by atoms with Gasteiger partial charge in [0.1, 0.15) is 17.4 Å². The summed E-state index contributed by atoms with van der Waals surface area (Å²) in [5.41, 5.74) is 2.11. The highest BCUT2D eigenvalue weighted by atomic mass is 16.6. The molecule has 0 fully saturated rings. The van der Waals surface area contributed by atoms with Crippen molar-refractivity contribution in [2.75, 3.05) is 19.1 Å². The van der Waals surface area contributed by atoms with E-state index in [1.54, 1.807) is 59.2 Å². The smallest absolute Gasteiger partial charge is 0.408 e. The van der Waals surface area contributed by atoms with Crippen molar-refractivity contribution in [1.29, 1.82) is 0 Å². The van der Waals surface area contributed by atoms with Crippen molar-refractivity contribution in [3.8, 4) is 5.75 Å². The van der Waals surface area contributed by atoms with Gasteiger partial charge in [0.25, 0.3) is 0 Å². The lowest BCUT2D eigenvalue weighted by Crippen LogP contribution is -2.50. The fraction of sp³-hybridized carbons (Fsp3) is 0.391. The summed E-state index contributed by atoms with van der Waals surface area (Å²) in [6.45, 7) is 7.35. The van der Waals surface area contributed by atoms with Crippen LogP contribution >= 0.6 is 0 Å². The van der Waals surface area contributed by atoms with Crippen molar-refractivity contribution in [3.63, 3.8) is 0 Å². The molecule has 1 N–H and O–H groups in total. The molecule has 2 aromatic rings. The maximum absolute atomic E-state index is 13.2. The van der Waals surface area contributed by atoms with Gasteiger partial charge in [-0.1, -0.05) is 29.8 Å². The summed E-state index contributed by atoms with van der Waals surface area (Å²) in [7, 11) is 3.27. The highest BCUT2D eigenvalue weighted by molar-refractivity contribution is 5.98. The second-order valence-corrected chi connectivity index (χ2v) is 7.99. The van der Waals surface area contributed by atoms with Crippen LogP contribution in [0.15, 0.2) is 48.5 Å². The van der Waals surface area contributed by atoms with E-state index in [0.717, 1.165) is 11.1 Å². The molecule has 0 heterocycles. The zero-order valence-corrected chi connectivity index (χ0v) is 18.0. The summed E-state index contributed by atoms with van der Waals surface area (Å²) < 4.78 is 10.5. The molecule has 2 rings (SSSR count). The van der Waals surface area contributed by atoms with E-state index in [2.05, 4.69) is 5.32 Å². The zero-order valence-electron chi connectivity index (χ0n) is 18.0. The maximum Gasteiger partial charge on any atom is 0.408 e. The molecule has 0 aliphatic rings. The van der Waals surface area contributed by atoms with Gasteiger partial charge >= 0.3 is 6.09 Å². The van der Waals surface area contributed by atoms with E-state index in [-0.39, 0.29) is 5.91 Å². The molecule has 0 radical (unpaired) electrons. The molecular weight excluding hydrogens is 368 g/mol. The van der Waals surface area contributed by atoms with E-state index in [9.17, 15) is 9.59 Å². The molecule has 0 aliphatic carbocycles. The number of nitrogens with zero attached hydrogens (tertiary/aromatic N) is 1. The summed E-state index contributed by atoms with van der Waals surface area (Å²) in [4.78, 5) is 27.1. The second-order valence-electron chi connectivity index (χ2n) is 7.99. The molecular formula is C23H30N2O4. The molecule has 6 heteroatoms. The molecule has 1 unspecified atom stereocenters. The molecule has 0 saturated heterocycles. The molecule has 156 valence electrons. The summed E-state index contributed by atoms with van der Waals surface area (Å²) in [5, 5.41) is 2.74. The largest absolute Gasteiger partial charge is 0.497 e. The predicted octanol–water partition coefficient (Wildman–Crippen LogP) is 4.10. The van der Waals surface area contributed by atoms with Gasteiger partial charge in [0.2, 0.25) is 5.91 Å². The van der Waals surface area contributed by atoms with Gasteiger partial charge in [0, 0.05) is 19.2 Å². The lowest BCUT2D eigenvalue weighted by molar-refractivity contribution is -0.120. The van der Waals surface area contributed by atoms with Crippen LogP contribution in [0.4, 0.5) is 10.5 Å². The molecule has 0 aliphatic heterocycles. The number of benzene rings is 2. The molecule has 1 atom stereocenters. The highest BCUT2D eigenvalue weighted by Gasteiger charge is 2.27. The first-order chi connectivity index (χ1) is 13.6. The van der Waals surface area contributed by atoms with Crippen molar-refractivity contribution in [2.45, 2.75) is 45.8 Å². The number of hydrogen-bond acceptors (Lipinski definition) is 4. The van der Waals surface area contributed by atoms with E-state index >= 15 is 0 Å². The normalized spacial score (nSPS) is 12.1. The fourth-order valence-electron chi connectivity index (χ4n) is 2.89. The van der Waals surface area contributed by atoms with Crippen LogP contribution in [0.3, 0.4) is 0 Å². The first kappa shape index (κ1) is 22.3. The topological polar surface area (TPSA) is 67.9 Å². The Morgan fingerprint density at radius 3 is 2.31 bits per heavy atom. The van der Waals surface area contributed by atoms with E-state index in [4.69, 9.17) is 9.47 Å². The van der Waals surface area contributed by atoms with Gasteiger partial charge in [-0.25, -0.2) is 4.79 Å². The van der Waals surface area contributed by atoms with Crippen molar-refractivity contribution >= 4 is 17.7 Å². The van der Waals surface area contributed by atoms with E-state index in [1.807, 2.05) is 31.2 Å². The minimum Gasteiger partial charge on any atom is -0.497 e. The van der Waals surface area contributed by atoms with E-state index < -0.39 is 17.7 Å². The lowest BCUT2D eigenvalue weighted by atomic mass is 10.0. The number of carbonyl (C=O) groups excluding carboxylic acids is 2. The minimum absolute atomic E-state index is 0.234. The number of hydrogen-bond donors (Lipinski definition) is 1. The van der Waals surface area contributed by atoms with Crippen LogP contribution < -0.4 is 15.0 Å². The highest BCUT2D eigenvalue weighted by Crippen LogP contribution is 2.20. The molecule has 0 saturated carbocycles. The summed E-state index contributed by atoms with van der Waals surface area (Å²) >= 11 is 0. The Kier molecular flexibility index (Phi) is 7.26. The summed E-state index contributed by atoms with van der Waals surface area (Å²) in [5.74, 6) is 0.473. The second kappa shape index (κ2) is 9.45. The zero-order chi connectivity index (χ0) is 21.6. The average molecular weight is 399 g/mol. The number of amides is 2. The van der Waals surface area contributed by atoms with Crippen LogP contribution in [0.5, 0.6) is 5.75 Å². The minimum atomic E-state index is -0.765. The average Bonchev–Trinajstić information content (AvgIpc) is 2.65. The van der Waals surface area contributed by atoms with Crippen LogP contribution in [0.1, 0.15) is 31.9 Å². The van der Waals surface area contributed by atoms with Crippen LogP contribution in [0.25, 0.3) is 0 Å². The summed E-state index contributed by atoms with van der Waals surface area (Å²) in [6.07, 6.45) is -0.257. The van der Waals surface area contributed by atoms with Gasteiger partial charge in [-0.15, -0.1) is 0 Å². The van der Waals surface area contributed by atoms with Crippen molar-refractivity contribution < 1.29 is 19.1 Å². The predicted molar refractivity (Wildman–Crippen MR) is 114 cm³/mol. The number of anilines is 1.